The summed E-state index contributed by atoms with van der Waals surface area (Å²) < 4.78 is 13.7. The van der Waals surface area contributed by atoms with Crippen LogP contribution < -0.4 is 25.3 Å². The van der Waals surface area contributed by atoms with Crippen molar-refractivity contribution in [3.8, 4) is 11.5 Å². The van der Waals surface area contributed by atoms with Crippen molar-refractivity contribution in [3.05, 3.63) is 28.8 Å². The zero-order valence-corrected chi connectivity index (χ0v) is 24.2. The zero-order valence-electron chi connectivity index (χ0n) is 15.6. The largest absolute Gasteiger partial charge is 0.493 e. The molecule has 1 amide bonds. The molecule has 0 atom stereocenters. The average Bonchev–Trinajstić information content (AvgIpc) is 2.68. The van der Waals surface area contributed by atoms with Crippen LogP contribution in [0.5, 0.6) is 11.5 Å². The van der Waals surface area contributed by atoms with Crippen LogP contribution in [-0.4, -0.2) is 45.8 Å². The Morgan fingerprint density at radius 3 is 2.71 bits per heavy atom. The van der Waals surface area contributed by atoms with Gasteiger partial charge in [0.25, 0.3) is 0 Å². The minimum absolute atomic E-state index is 0. The van der Waals surface area contributed by atoms with Gasteiger partial charge in [-0.3, -0.25) is 9.59 Å². The van der Waals surface area contributed by atoms with Gasteiger partial charge in [-0.1, -0.05) is 6.33 Å². The molecule has 2 aliphatic rings. The number of ether oxygens (including phenoxy) is 2. The molecule has 2 heterocycles. The molecular weight excluding hydrogens is 732 g/mol. The molecule has 1 aliphatic heterocycles. The minimum Gasteiger partial charge on any atom is -0.493 e. The summed E-state index contributed by atoms with van der Waals surface area (Å²) in [4.78, 5) is 32.3. The molecule has 28 heavy (non-hydrogen) atoms. The molecule has 1 spiro atoms. The van der Waals surface area contributed by atoms with E-state index in [9.17, 15) is 9.59 Å². The second-order valence-corrected chi connectivity index (χ2v) is 8.05. The third-order valence-corrected chi connectivity index (χ3v) is 6.82. The quantitative estimate of drug-likeness (QED) is 0.375. The molecule has 4 rings (SSSR count). The Balaban J connectivity index is 0.00000225. The number of nitrogens with zero attached hydrogens (tertiary/aromatic N) is 3. The molecule has 8 nitrogen and oxygen atoms in total. The SMILES string of the molecule is COc1cc2nc[n-]c(=O)c2cc1OC1CCC2(CC1)C(=O)NCCN2I.[Sg]. The number of carbonyl (C=O) groups excluding carboxylic acids is 1. The Bertz CT molecular complexity index is 929. The summed E-state index contributed by atoms with van der Waals surface area (Å²) >= 11 is 2.26. The van der Waals surface area contributed by atoms with Crippen molar-refractivity contribution < 1.29 is 14.3 Å². The van der Waals surface area contributed by atoms with Crippen LogP contribution in [0.2, 0.25) is 0 Å². The number of hydrogen-bond acceptors (Lipinski definition) is 6. The smallest absolute Gasteiger partial charge is 0.241 e. The van der Waals surface area contributed by atoms with Crippen molar-refractivity contribution in [2.45, 2.75) is 37.3 Å². The standard InChI is InChI=1S/C18H21IN4O4.Sg/c1-26-14-9-13-12(16(24)22-10-21-13)8-15(14)27-11-2-4-18(5-3-11)17(25)20-6-7-23(18)19;/h8-11H,2-7H2,1H3,(H2,20,21,22,24,25);/p-1. The summed E-state index contributed by atoms with van der Waals surface area (Å²) in [5.41, 5.74) is -0.252. The van der Waals surface area contributed by atoms with Crippen LogP contribution in [0.3, 0.4) is 0 Å². The van der Waals surface area contributed by atoms with Crippen LogP contribution >= 0.6 is 22.9 Å². The molecule has 10 heteroatoms. The average molecular weight is 752 g/mol. The Labute approximate surface area is 170 Å². The molecule has 2 fully saturated rings. The fourth-order valence-corrected chi connectivity index (χ4v) is 4.83. The van der Waals surface area contributed by atoms with Crippen LogP contribution in [0, 0.1) is 0 Å². The van der Waals surface area contributed by atoms with Crippen molar-refractivity contribution in [2.75, 3.05) is 20.2 Å². The van der Waals surface area contributed by atoms with Crippen molar-refractivity contribution in [2.24, 2.45) is 0 Å². The molecule has 2 aromatic rings. The van der Waals surface area contributed by atoms with E-state index < -0.39 is 5.54 Å². The molecule has 0 bridgehead atoms. The Morgan fingerprint density at radius 2 is 2.04 bits per heavy atom. The van der Waals surface area contributed by atoms with Crippen LogP contribution in [-0.2, 0) is 4.79 Å². The third kappa shape index (κ3) is 3.24. The summed E-state index contributed by atoms with van der Waals surface area (Å²) in [7, 11) is 1.56. The van der Waals surface area contributed by atoms with E-state index in [4.69, 9.17) is 9.47 Å². The fraction of sp³-hybridized carbons (Fsp3) is 0.500. The number of amides is 1. The summed E-state index contributed by atoms with van der Waals surface area (Å²) in [6.07, 6.45) is 4.18. The molecule has 1 N–H and O–H groups in total. The van der Waals surface area contributed by atoms with E-state index in [1.807, 2.05) is 0 Å². The van der Waals surface area contributed by atoms with Gasteiger partial charge in [-0.2, -0.15) is 0 Å². The zero-order chi connectivity index (χ0) is 19.0. The number of piperazine rings is 1. The number of hydrogen-bond donors (Lipinski definition) is 1. The van der Waals surface area contributed by atoms with Gasteiger partial charge >= 0.3 is 0 Å². The summed E-state index contributed by atoms with van der Waals surface area (Å²) in [5, 5.41) is 3.40. The van der Waals surface area contributed by atoms with E-state index in [1.165, 1.54) is 6.33 Å². The van der Waals surface area contributed by atoms with Gasteiger partial charge in [0.2, 0.25) is 5.91 Å². The first-order chi connectivity index (χ1) is 13.0. The normalized spacial score (nSPS) is 25.2. The second kappa shape index (κ2) is 7.63. The van der Waals surface area contributed by atoms with E-state index in [2.05, 4.69) is 41.3 Å². The molecule has 146 valence electrons. The minimum atomic E-state index is -0.442. The summed E-state index contributed by atoms with van der Waals surface area (Å²) in [6.45, 7) is 1.54. The van der Waals surface area contributed by atoms with Gasteiger partial charge in [-0.15, -0.1) is 0 Å². The number of halogens is 1. The second-order valence-electron chi connectivity index (χ2n) is 6.89. The van der Waals surface area contributed by atoms with Crippen molar-refractivity contribution in [1.29, 1.82) is 0 Å². The number of fused-ring (bicyclic) bond motifs is 1. The van der Waals surface area contributed by atoms with Gasteiger partial charge in [0, 0.05) is 41.3 Å². The molecular formula is C18H20IN4O4Sg-. The van der Waals surface area contributed by atoms with Crippen molar-refractivity contribution >= 4 is 39.7 Å². The Kier molecular flexibility index (Phi) is 5.41. The molecule has 1 aliphatic carbocycles. The predicted molar refractivity (Wildman–Crippen MR) is 107 cm³/mol. The monoisotopic (exact) mass is 754 g/mol. The van der Waals surface area contributed by atoms with Gasteiger partial charge in [-0.05, 0) is 43.3 Å². The van der Waals surface area contributed by atoms with Gasteiger partial charge in [-0.25, -0.2) is 3.11 Å². The van der Waals surface area contributed by atoms with Crippen LogP contribution in [0.4, 0.5) is 0 Å². The van der Waals surface area contributed by atoms with E-state index in [-0.39, 0.29) is 17.6 Å². The summed E-state index contributed by atoms with van der Waals surface area (Å²) in [6, 6.07) is 3.35. The Hall–Kier alpha value is -2.88. The first-order valence-corrected chi connectivity index (χ1v) is 9.88. The van der Waals surface area contributed by atoms with Gasteiger partial charge in [0.1, 0.15) is 5.54 Å². The van der Waals surface area contributed by atoms with E-state index in [0.717, 1.165) is 32.2 Å². The number of aromatic nitrogens is 2. The molecule has 1 aromatic carbocycles. The number of rotatable bonds is 3. The van der Waals surface area contributed by atoms with Crippen molar-refractivity contribution in [3.63, 3.8) is 0 Å². The number of nitrogens with one attached hydrogen (secondary N) is 1. The van der Waals surface area contributed by atoms with E-state index in [1.54, 1.807) is 19.2 Å². The molecule has 0 unspecified atom stereocenters. The summed E-state index contributed by atoms with van der Waals surface area (Å²) in [5.74, 6) is 1.15. The number of benzene rings is 1. The van der Waals surface area contributed by atoms with Crippen LogP contribution in [0.15, 0.2) is 23.3 Å². The van der Waals surface area contributed by atoms with Gasteiger partial charge in [0.15, 0.2) is 17.1 Å². The van der Waals surface area contributed by atoms with E-state index in [0.29, 0.717) is 28.9 Å². The van der Waals surface area contributed by atoms with Crippen LogP contribution in [0.1, 0.15) is 25.7 Å². The first-order valence-electron chi connectivity index (χ1n) is 8.91. The molecule has 1 saturated heterocycles. The fourth-order valence-electron chi connectivity index (χ4n) is 3.88. The van der Waals surface area contributed by atoms with Gasteiger partial charge in [0.05, 0.1) is 13.2 Å². The van der Waals surface area contributed by atoms with Gasteiger partial charge < -0.3 is 24.8 Å². The molecule has 0 radical (unpaired) electrons. The maximum Gasteiger partial charge on any atom is 0.241 e. The van der Waals surface area contributed by atoms with Crippen LogP contribution in [0.25, 0.3) is 10.9 Å². The predicted octanol–water partition coefficient (Wildman–Crippen LogP) is 1.40. The third-order valence-electron chi connectivity index (χ3n) is 5.42. The maximum absolute atomic E-state index is 12.5. The van der Waals surface area contributed by atoms with E-state index >= 15 is 0 Å². The number of carbonyl (C=O) groups is 1. The van der Waals surface area contributed by atoms with Crippen molar-refractivity contribution in [1.82, 2.24) is 18.4 Å². The molecule has 1 saturated carbocycles. The first kappa shape index (κ1) is 19.9. The maximum atomic E-state index is 12.5. The number of methoxy groups -OCH3 is 1. The molecule has 1 aromatic heterocycles. The Morgan fingerprint density at radius 1 is 1.29 bits per heavy atom. The topological polar surface area (TPSA) is 94.9 Å².